The molecule has 1 aliphatic rings. The number of hydrogen-bond acceptors (Lipinski definition) is 2. The van der Waals surface area contributed by atoms with Gasteiger partial charge in [0.25, 0.3) is 0 Å². The van der Waals surface area contributed by atoms with E-state index in [1.54, 1.807) is 12.6 Å². The first-order valence-corrected chi connectivity index (χ1v) is 2.64. The van der Waals surface area contributed by atoms with Gasteiger partial charge >= 0.3 is 21.1 Å². The summed E-state index contributed by atoms with van der Waals surface area (Å²) in [4.78, 5) is 19.7. The summed E-state index contributed by atoms with van der Waals surface area (Å²) in [6, 6.07) is 0. The van der Waals surface area contributed by atoms with Gasteiger partial charge < -0.3 is 9.59 Å². The van der Waals surface area contributed by atoms with Crippen molar-refractivity contribution in [3.05, 3.63) is 0 Å². The van der Waals surface area contributed by atoms with Gasteiger partial charge in [-0.1, -0.05) is 18.8 Å². The maximum atomic E-state index is 9.83. The molecule has 0 unspecified atom stereocenters. The molecule has 0 aromatic heterocycles. The maximum Gasteiger partial charge on any atom is 2.00 e. The van der Waals surface area contributed by atoms with Crippen LogP contribution in [0.4, 0.5) is 0 Å². The van der Waals surface area contributed by atoms with Gasteiger partial charge in [-0.3, -0.25) is 12.6 Å². The van der Waals surface area contributed by atoms with Crippen LogP contribution in [-0.2, 0) is 30.7 Å². The van der Waals surface area contributed by atoms with Gasteiger partial charge in [0.05, 0.1) is 0 Å². The van der Waals surface area contributed by atoms with E-state index in [9.17, 15) is 9.59 Å². The van der Waals surface area contributed by atoms with Crippen LogP contribution in [0.1, 0.15) is 12.8 Å². The SMILES string of the molecule is O=[C-]C([C-]=O)C1CC1.[Pt+2]. The third-order valence-electron chi connectivity index (χ3n) is 1.35. The fraction of sp³-hybridized carbons (Fsp3) is 0.667. The first kappa shape index (κ1) is 9.03. The Balaban J connectivity index is 0.000000640. The monoisotopic (exact) mass is 305 g/mol. The molecule has 3 heteroatoms. The summed E-state index contributed by atoms with van der Waals surface area (Å²) >= 11 is 0. The summed E-state index contributed by atoms with van der Waals surface area (Å²) in [6.45, 7) is 0. The van der Waals surface area contributed by atoms with E-state index in [1.165, 1.54) is 0 Å². The van der Waals surface area contributed by atoms with Crippen molar-refractivity contribution in [2.45, 2.75) is 12.8 Å². The van der Waals surface area contributed by atoms with Crippen molar-refractivity contribution < 1.29 is 30.7 Å². The Morgan fingerprint density at radius 1 is 1.22 bits per heavy atom. The van der Waals surface area contributed by atoms with Gasteiger partial charge in [0.15, 0.2) is 0 Å². The molecule has 0 aromatic rings. The van der Waals surface area contributed by atoms with Crippen LogP contribution < -0.4 is 0 Å². The molecule has 0 aromatic carbocycles. The first-order chi connectivity index (χ1) is 3.88. The standard InChI is InChI=1S/C6H6O2.Pt/c7-3-6(4-8)5-1-2-5;/h5-6H,1-2H2;/q-2;+2. The minimum Gasteiger partial charge on any atom is -0.544 e. The molecular formula is C6H6O2Pt. The van der Waals surface area contributed by atoms with E-state index in [1.807, 2.05) is 0 Å². The minimum atomic E-state index is -0.546. The smallest absolute Gasteiger partial charge is 0.544 e. The van der Waals surface area contributed by atoms with Crippen molar-refractivity contribution >= 4 is 12.6 Å². The zero-order valence-corrected chi connectivity index (χ0v) is 6.97. The summed E-state index contributed by atoms with van der Waals surface area (Å²) in [6.07, 6.45) is 5.27. The van der Waals surface area contributed by atoms with Crippen LogP contribution in [0.25, 0.3) is 0 Å². The Morgan fingerprint density at radius 2 is 1.67 bits per heavy atom. The van der Waals surface area contributed by atoms with Crippen molar-refractivity contribution in [2.24, 2.45) is 11.8 Å². The molecule has 0 spiro atoms. The Labute approximate surface area is 68.3 Å². The zero-order valence-electron chi connectivity index (χ0n) is 4.70. The van der Waals surface area contributed by atoms with E-state index >= 15 is 0 Å². The van der Waals surface area contributed by atoms with Gasteiger partial charge in [-0.05, 0) is 0 Å². The van der Waals surface area contributed by atoms with Crippen LogP contribution in [0, 0.1) is 11.8 Å². The van der Waals surface area contributed by atoms with E-state index in [2.05, 4.69) is 0 Å². The van der Waals surface area contributed by atoms with E-state index in [-0.39, 0.29) is 27.0 Å². The predicted octanol–water partition coefficient (Wildman–Crippen LogP) is 0.230. The fourth-order valence-electron chi connectivity index (χ4n) is 0.646. The second kappa shape index (κ2) is 3.94. The van der Waals surface area contributed by atoms with Crippen LogP contribution in [0.3, 0.4) is 0 Å². The third kappa shape index (κ3) is 2.40. The van der Waals surface area contributed by atoms with E-state index in [4.69, 9.17) is 0 Å². The molecule has 1 fully saturated rings. The average Bonchev–Trinajstić information content (AvgIpc) is 2.53. The largest absolute Gasteiger partial charge is 2.00 e. The Kier molecular flexibility index (Phi) is 3.96. The quantitative estimate of drug-likeness (QED) is 0.552. The Bertz CT molecular complexity index is 102. The molecule has 0 N–H and O–H groups in total. The number of carbonyl (C=O) groups excluding carboxylic acids is 2. The van der Waals surface area contributed by atoms with Crippen LogP contribution >= 0.6 is 0 Å². The van der Waals surface area contributed by atoms with Crippen LogP contribution in [0.5, 0.6) is 0 Å². The van der Waals surface area contributed by atoms with Gasteiger partial charge in [0.1, 0.15) is 0 Å². The van der Waals surface area contributed by atoms with E-state index in [0.29, 0.717) is 0 Å². The molecule has 0 amide bonds. The molecule has 9 heavy (non-hydrogen) atoms. The molecule has 0 atom stereocenters. The summed E-state index contributed by atoms with van der Waals surface area (Å²) in [5.74, 6) is -0.264. The summed E-state index contributed by atoms with van der Waals surface area (Å²) in [7, 11) is 0. The van der Waals surface area contributed by atoms with Crippen molar-refractivity contribution in [3.63, 3.8) is 0 Å². The topological polar surface area (TPSA) is 34.1 Å². The Morgan fingerprint density at radius 3 is 1.78 bits per heavy atom. The molecule has 52 valence electrons. The van der Waals surface area contributed by atoms with E-state index in [0.717, 1.165) is 12.8 Å². The fourth-order valence-corrected chi connectivity index (χ4v) is 0.646. The zero-order chi connectivity index (χ0) is 5.98. The van der Waals surface area contributed by atoms with E-state index < -0.39 is 5.92 Å². The second-order valence-electron chi connectivity index (χ2n) is 2.05. The van der Waals surface area contributed by atoms with Gasteiger partial charge in [-0.25, -0.2) is 5.92 Å². The van der Waals surface area contributed by atoms with Gasteiger partial charge in [-0.15, -0.1) is 0 Å². The summed E-state index contributed by atoms with van der Waals surface area (Å²) in [5.41, 5.74) is 0. The molecule has 0 radical (unpaired) electrons. The molecular weight excluding hydrogens is 299 g/mol. The van der Waals surface area contributed by atoms with Crippen molar-refractivity contribution in [1.29, 1.82) is 0 Å². The van der Waals surface area contributed by atoms with Gasteiger partial charge in [-0.2, -0.15) is 0 Å². The normalized spacial score (nSPS) is 16.6. The summed E-state index contributed by atoms with van der Waals surface area (Å²) < 4.78 is 0. The molecule has 0 aliphatic heterocycles. The van der Waals surface area contributed by atoms with Crippen molar-refractivity contribution in [2.75, 3.05) is 0 Å². The van der Waals surface area contributed by atoms with Crippen molar-refractivity contribution in [1.82, 2.24) is 0 Å². The van der Waals surface area contributed by atoms with Crippen LogP contribution in [0.2, 0.25) is 0 Å². The molecule has 1 aliphatic carbocycles. The van der Waals surface area contributed by atoms with Crippen LogP contribution in [-0.4, -0.2) is 12.6 Å². The molecule has 1 saturated carbocycles. The summed E-state index contributed by atoms with van der Waals surface area (Å²) in [5, 5.41) is 0. The van der Waals surface area contributed by atoms with Gasteiger partial charge in [0, 0.05) is 0 Å². The van der Waals surface area contributed by atoms with Gasteiger partial charge in [0.2, 0.25) is 0 Å². The number of hydrogen-bond donors (Lipinski definition) is 0. The maximum absolute atomic E-state index is 9.83. The van der Waals surface area contributed by atoms with Crippen LogP contribution in [0.15, 0.2) is 0 Å². The minimum absolute atomic E-state index is 0. The molecule has 2 nitrogen and oxygen atoms in total. The first-order valence-electron chi connectivity index (χ1n) is 2.64. The Hall–Kier alpha value is 0.0283. The number of rotatable bonds is 3. The predicted molar refractivity (Wildman–Crippen MR) is 27.6 cm³/mol. The second-order valence-corrected chi connectivity index (χ2v) is 2.05. The van der Waals surface area contributed by atoms with Crippen molar-refractivity contribution in [3.8, 4) is 0 Å². The molecule has 0 saturated heterocycles. The molecule has 0 bridgehead atoms. The third-order valence-corrected chi connectivity index (χ3v) is 1.35. The average molecular weight is 305 g/mol. The molecule has 1 rings (SSSR count). The molecule has 0 heterocycles.